The van der Waals surface area contributed by atoms with Gasteiger partial charge in [0, 0.05) is 6.42 Å². The molecule has 5 N–H and O–H groups in total. The van der Waals surface area contributed by atoms with Crippen molar-refractivity contribution in [2.45, 2.75) is 114 Å². The second-order valence-corrected chi connectivity index (χ2v) is 8.31. The zero-order valence-corrected chi connectivity index (χ0v) is 19.0. The molecule has 0 aromatic heterocycles. The van der Waals surface area contributed by atoms with E-state index < -0.39 is 43.4 Å². The van der Waals surface area contributed by atoms with Crippen molar-refractivity contribution in [1.29, 1.82) is 0 Å². The van der Waals surface area contributed by atoms with Crippen LogP contribution in [0.1, 0.15) is 77.6 Å². The van der Waals surface area contributed by atoms with E-state index >= 15 is 0 Å². The standard InChI is InChI=1S/C24H44O7/c1-2-3-4-5-6-7-8-9-10-11-12-13-14-15-19(26)16-17-30-24-23(29)22(28)21(27)20(18-25)31-24/h10-11,14-15,19-29H,2-9,12-13,16-18H2,1H3/b11-10+,15-14+/t19-,20?,21-,22+,23?,24?/m1/s1. The van der Waals surface area contributed by atoms with Crippen molar-refractivity contribution in [3.8, 4) is 0 Å². The lowest BCUT2D eigenvalue weighted by Gasteiger charge is -2.39. The number of rotatable bonds is 17. The summed E-state index contributed by atoms with van der Waals surface area (Å²) in [5, 5.41) is 48.5. The Kier molecular flexibility index (Phi) is 16.1. The normalized spacial score (nSPS) is 28.0. The highest BCUT2D eigenvalue weighted by Crippen LogP contribution is 2.22. The van der Waals surface area contributed by atoms with E-state index in [0.29, 0.717) is 6.42 Å². The van der Waals surface area contributed by atoms with Crippen LogP contribution < -0.4 is 0 Å². The fourth-order valence-electron chi connectivity index (χ4n) is 3.51. The van der Waals surface area contributed by atoms with Crippen molar-refractivity contribution in [1.82, 2.24) is 0 Å². The Morgan fingerprint density at radius 1 is 0.839 bits per heavy atom. The van der Waals surface area contributed by atoms with Gasteiger partial charge in [-0.2, -0.15) is 0 Å². The average molecular weight is 445 g/mol. The van der Waals surface area contributed by atoms with Crippen LogP contribution in [0.15, 0.2) is 24.3 Å². The van der Waals surface area contributed by atoms with Gasteiger partial charge in [-0.3, -0.25) is 0 Å². The molecule has 31 heavy (non-hydrogen) atoms. The van der Waals surface area contributed by atoms with Crippen molar-refractivity contribution in [3.63, 3.8) is 0 Å². The van der Waals surface area contributed by atoms with Crippen LogP contribution in [0.2, 0.25) is 0 Å². The van der Waals surface area contributed by atoms with Crippen molar-refractivity contribution in [2.24, 2.45) is 0 Å². The molecule has 1 fully saturated rings. The van der Waals surface area contributed by atoms with Crippen LogP contribution in [-0.2, 0) is 9.47 Å². The highest BCUT2D eigenvalue weighted by molar-refractivity contribution is 4.92. The molecule has 7 heteroatoms. The lowest BCUT2D eigenvalue weighted by atomic mass is 9.99. The molecule has 1 saturated heterocycles. The largest absolute Gasteiger partial charge is 0.394 e. The molecule has 0 saturated carbocycles. The number of aliphatic hydroxyl groups excluding tert-OH is 5. The third-order valence-electron chi connectivity index (χ3n) is 5.54. The molecule has 6 atom stereocenters. The first-order valence-corrected chi connectivity index (χ1v) is 11.9. The molecule has 3 unspecified atom stereocenters. The van der Waals surface area contributed by atoms with Crippen LogP contribution in [0, 0.1) is 0 Å². The third kappa shape index (κ3) is 12.1. The van der Waals surface area contributed by atoms with E-state index in [4.69, 9.17) is 14.6 Å². The van der Waals surface area contributed by atoms with Crippen LogP contribution in [0.25, 0.3) is 0 Å². The van der Waals surface area contributed by atoms with E-state index in [0.717, 1.165) is 19.3 Å². The molecule has 0 aromatic rings. The van der Waals surface area contributed by atoms with Gasteiger partial charge in [-0.25, -0.2) is 0 Å². The lowest BCUT2D eigenvalue weighted by Crippen LogP contribution is -2.59. The molecule has 1 heterocycles. The quantitative estimate of drug-likeness (QED) is 0.173. The molecule has 1 aliphatic rings. The fraction of sp³-hybridized carbons (Fsp3) is 0.833. The van der Waals surface area contributed by atoms with Crippen LogP contribution in [0.3, 0.4) is 0 Å². The van der Waals surface area contributed by atoms with E-state index in [1.165, 1.54) is 44.9 Å². The lowest BCUT2D eigenvalue weighted by molar-refractivity contribution is -0.301. The van der Waals surface area contributed by atoms with E-state index in [2.05, 4.69) is 19.1 Å². The Labute approximate surface area is 187 Å². The maximum Gasteiger partial charge on any atom is 0.186 e. The second kappa shape index (κ2) is 17.7. The summed E-state index contributed by atoms with van der Waals surface area (Å²) in [5.41, 5.74) is 0. The molecule has 1 rings (SSSR count). The first-order valence-electron chi connectivity index (χ1n) is 11.9. The summed E-state index contributed by atoms with van der Waals surface area (Å²) in [5.74, 6) is 0. The summed E-state index contributed by atoms with van der Waals surface area (Å²) in [6.07, 6.45) is 13.5. The first-order chi connectivity index (χ1) is 15.0. The van der Waals surface area contributed by atoms with Crippen molar-refractivity contribution in [2.75, 3.05) is 13.2 Å². The van der Waals surface area contributed by atoms with Crippen molar-refractivity contribution in [3.05, 3.63) is 24.3 Å². The summed E-state index contributed by atoms with van der Waals surface area (Å²) >= 11 is 0. The number of allylic oxidation sites excluding steroid dienone is 3. The molecule has 0 spiro atoms. The number of aliphatic hydroxyl groups is 5. The van der Waals surface area contributed by atoms with Crippen molar-refractivity contribution >= 4 is 0 Å². The Balaban J connectivity index is 2.06. The summed E-state index contributed by atoms with van der Waals surface area (Å²) in [4.78, 5) is 0. The van der Waals surface area contributed by atoms with Gasteiger partial charge in [0.15, 0.2) is 6.29 Å². The molecule has 0 radical (unpaired) electrons. The van der Waals surface area contributed by atoms with E-state index in [1.807, 2.05) is 6.08 Å². The smallest absolute Gasteiger partial charge is 0.186 e. The molecule has 0 aliphatic carbocycles. The summed E-state index contributed by atoms with van der Waals surface area (Å²) in [6, 6.07) is 0. The van der Waals surface area contributed by atoms with Gasteiger partial charge in [-0.05, 0) is 25.7 Å². The van der Waals surface area contributed by atoms with Crippen LogP contribution in [-0.4, -0.2) is 75.6 Å². The molecule has 0 amide bonds. The number of hydrogen-bond donors (Lipinski definition) is 5. The maximum atomic E-state index is 10.00. The fourth-order valence-corrected chi connectivity index (χ4v) is 3.51. The van der Waals surface area contributed by atoms with E-state index in [9.17, 15) is 20.4 Å². The zero-order chi connectivity index (χ0) is 22.9. The Hall–Kier alpha value is -0.800. The van der Waals surface area contributed by atoms with Gasteiger partial charge in [-0.15, -0.1) is 0 Å². The van der Waals surface area contributed by atoms with Crippen LogP contribution >= 0.6 is 0 Å². The molecule has 7 nitrogen and oxygen atoms in total. The summed E-state index contributed by atoms with van der Waals surface area (Å²) in [6.45, 7) is 1.85. The number of hydrogen-bond acceptors (Lipinski definition) is 7. The minimum Gasteiger partial charge on any atom is -0.394 e. The van der Waals surface area contributed by atoms with Crippen LogP contribution in [0.5, 0.6) is 0 Å². The van der Waals surface area contributed by atoms with Gasteiger partial charge >= 0.3 is 0 Å². The third-order valence-corrected chi connectivity index (χ3v) is 5.54. The van der Waals surface area contributed by atoms with Gasteiger partial charge in [0.1, 0.15) is 24.4 Å². The molecule has 182 valence electrons. The SMILES string of the molecule is CCCCCCCCC/C=C/CC/C=C/[C@@H](O)CCOC1OC(CO)[C@@H](O)[C@H](O)C1O. The maximum absolute atomic E-state index is 10.00. The van der Waals surface area contributed by atoms with Gasteiger partial charge in [0.05, 0.1) is 19.3 Å². The highest BCUT2D eigenvalue weighted by atomic mass is 16.7. The van der Waals surface area contributed by atoms with Gasteiger partial charge in [0.2, 0.25) is 0 Å². The monoisotopic (exact) mass is 444 g/mol. The predicted octanol–water partition coefficient (Wildman–Crippen LogP) is 2.59. The molecule has 0 bridgehead atoms. The molecular formula is C24H44O7. The van der Waals surface area contributed by atoms with Crippen LogP contribution in [0.4, 0.5) is 0 Å². The zero-order valence-electron chi connectivity index (χ0n) is 19.0. The Bertz CT molecular complexity index is 481. The minimum absolute atomic E-state index is 0.104. The van der Waals surface area contributed by atoms with E-state index in [-0.39, 0.29) is 6.61 Å². The predicted molar refractivity (Wildman–Crippen MR) is 120 cm³/mol. The van der Waals surface area contributed by atoms with Crippen molar-refractivity contribution < 1.29 is 35.0 Å². The molecule has 1 aliphatic heterocycles. The van der Waals surface area contributed by atoms with E-state index in [1.54, 1.807) is 6.08 Å². The minimum atomic E-state index is -1.46. The van der Waals surface area contributed by atoms with Gasteiger partial charge in [-0.1, -0.05) is 69.8 Å². The molecular weight excluding hydrogens is 400 g/mol. The van der Waals surface area contributed by atoms with Gasteiger partial charge < -0.3 is 35.0 Å². The molecule has 0 aromatic carbocycles. The second-order valence-electron chi connectivity index (χ2n) is 8.31. The highest BCUT2D eigenvalue weighted by Gasteiger charge is 2.43. The Morgan fingerprint density at radius 2 is 1.48 bits per heavy atom. The topological polar surface area (TPSA) is 120 Å². The Morgan fingerprint density at radius 3 is 2.19 bits per heavy atom. The van der Waals surface area contributed by atoms with Gasteiger partial charge in [0.25, 0.3) is 0 Å². The number of ether oxygens (including phenoxy) is 2. The summed E-state index contributed by atoms with van der Waals surface area (Å²) in [7, 11) is 0. The summed E-state index contributed by atoms with van der Waals surface area (Å²) < 4.78 is 10.6. The first kappa shape index (κ1) is 28.2. The number of unbranched alkanes of at least 4 members (excludes halogenated alkanes) is 8. The average Bonchev–Trinajstić information content (AvgIpc) is 2.77.